The molecule has 32 heavy (non-hydrogen) atoms. The van der Waals surface area contributed by atoms with Crippen LogP contribution < -0.4 is 10.4 Å². The van der Waals surface area contributed by atoms with E-state index in [1.807, 2.05) is 18.2 Å². The summed E-state index contributed by atoms with van der Waals surface area (Å²) in [6.45, 7) is 10.9. The van der Waals surface area contributed by atoms with Gasteiger partial charge in [0.25, 0.3) is 8.32 Å². The van der Waals surface area contributed by atoms with Gasteiger partial charge in [-0.25, -0.2) is 4.79 Å². The first-order chi connectivity index (χ1) is 15.3. The third kappa shape index (κ3) is 4.27. The summed E-state index contributed by atoms with van der Waals surface area (Å²) in [6.07, 6.45) is 1.27. The Morgan fingerprint density at radius 3 is 2.16 bits per heavy atom. The Morgan fingerprint density at radius 2 is 1.62 bits per heavy atom. The number of carbonyl (C=O) groups is 1. The van der Waals surface area contributed by atoms with Gasteiger partial charge < -0.3 is 18.6 Å². The van der Waals surface area contributed by atoms with E-state index in [4.69, 9.17) is 18.6 Å². The minimum atomic E-state index is -2.72. The molecule has 5 nitrogen and oxygen atoms in total. The normalized spacial score (nSPS) is 25.5. The van der Waals surface area contributed by atoms with Crippen LogP contribution in [-0.2, 0) is 18.6 Å². The summed E-state index contributed by atoms with van der Waals surface area (Å²) in [6, 6.07) is 21.0. The Bertz CT molecular complexity index is 885. The van der Waals surface area contributed by atoms with Crippen molar-refractivity contribution in [3.63, 3.8) is 0 Å². The molecule has 0 amide bonds. The van der Waals surface area contributed by atoms with Gasteiger partial charge in [0, 0.05) is 6.42 Å². The molecule has 0 unspecified atom stereocenters. The highest BCUT2D eigenvalue weighted by Gasteiger charge is 2.53. The van der Waals surface area contributed by atoms with Crippen molar-refractivity contribution in [3.05, 3.63) is 73.3 Å². The highest BCUT2D eigenvalue weighted by atomic mass is 28.4. The summed E-state index contributed by atoms with van der Waals surface area (Å²) < 4.78 is 24.3. The molecule has 2 aromatic carbocycles. The van der Waals surface area contributed by atoms with Gasteiger partial charge in [0.15, 0.2) is 6.10 Å². The predicted octanol–water partition coefficient (Wildman–Crippen LogP) is 4.20. The molecule has 0 saturated carbocycles. The summed E-state index contributed by atoms with van der Waals surface area (Å²) in [5.41, 5.74) is 0. The zero-order valence-corrected chi connectivity index (χ0v) is 20.0. The van der Waals surface area contributed by atoms with E-state index in [-0.39, 0.29) is 17.2 Å². The van der Waals surface area contributed by atoms with E-state index < -0.39 is 26.7 Å². The van der Waals surface area contributed by atoms with Gasteiger partial charge in [-0.15, -0.1) is 6.58 Å². The Morgan fingerprint density at radius 1 is 1.03 bits per heavy atom. The van der Waals surface area contributed by atoms with E-state index in [2.05, 4.69) is 75.9 Å². The van der Waals surface area contributed by atoms with Crippen molar-refractivity contribution in [1.82, 2.24) is 0 Å². The van der Waals surface area contributed by atoms with Crippen molar-refractivity contribution < 1.29 is 23.4 Å². The number of hydrogen-bond acceptors (Lipinski definition) is 5. The number of benzene rings is 2. The van der Waals surface area contributed by atoms with Gasteiger partial charge in [-0.1, -0.05) is 87.5 Å². The lowest BCUT2D eigenvalue weighted by Crippen LogP contribution is -2.67. The zero-order chi connectivity index (χ0) is 22.8. The lowest BCUT2D eigenvalue weighted by atomic mass is 9.97. The van der Waals surface area contributed by atoms with Gasteiger partial charge >= 0.3 is 6.16 Å². The third-order valence-corrected chi connectivity index (χ3v) is 11.4. The second-order valence-electron chi connectivity index (χ2n) is 9.52. The molecule has 2 heterocycles. The largest absolute Gasteiger partial charge is 0.509 e. The van der Waals surface area contributed by atoms with Gasteiger partial charge in [0.05, 0.1) is 12.7 Å². The molecule has 0 bridgehead atoms. The standard InChI is InChI=1S/C26H32O5Si/c1-5-12-19-17-22-24(31-25(27)30-22)23(29-19)18-28-32(26(2,3)4,20-13-8-6-9-14-20)21-15-10-7-11-16-21/h5-11,13-16,19,22-24H,1,12,17-18H2,2-4H3/t19-,22+,23-,24+/m1/s1. The van der Waals surface area contributed by atoms with Crippen molar-refractivity contribution in [1.29, 1.82) is 0 Å². The maximum Gasteiger partial charge on any atom is 0.509 e. The number of rotatable bonds is 7. The van der Waals surface area contributed by atoms with Crippen molar-refractivity contribution >= 4 is 24.8 Å². The minimum absolute atomic E-state index is 0.0731. The first kappa shape index (κ1) is 22.8. The first-order valence-electron chi connectivity index (χ1n) is 11.2. The minimum Gasteiger partial charge on any atom is -0.427 e. The number of carbonyl (C=O) groups excluding carboxylic acids is 1. The summed E-state index contributed by atoms with van der Waals surface area (Å²) >= 11 is 0. The summed E-state index contributed by atoms with van der Waals surface area (Å²) in [5.74, 6) is 0. The summed E-state index contributed by atoms with van der Waals surface area (Å²) in [5, 5.41) is 2.26. The maximum absolute atomic E-state index is 11.9. The fourth-order valence-electron chi connectivity index (χ4n) is 4.98. The van der Waals surface area contributed by atoms with Crippen molar-refractivity contribution in [2.45, 2.75) is 63.1 Å². The van der Waals surface area contributed by atoms with Crippen LogP contribution in [0.5, 0.6) is 0 Å². The highest BCUT2D eigenvalue weighted by molar-refractivity contribution is 6.99. The number of hydrogen-bond donors (Lipinski definition) is 0. The molecule has 0 N–H and O–H groups in total. The highest BCUT2D eigenvalue weighted by Crippen LogP contribution is 2.38. The smallest absolute Gasteiger partial charge is 0.427 e. The van der Waals surface area contributed by atoms with E-state index in [1.165, 1.54) is 10.4 Å². The molecule has 0 aromatic heterocycles. The molecule has 6 heteroatoms. The maximum atomic E-state index is 11.9. The van der Waals surface area contributed by atoms with Crippen LogP contribution in [0.1, 0.15) is 33.6 Å². The molecule has 0 spiro atoms. The fraction of sp³-hybridized carbons (Fsp3) is 0.423. The van der Waals surface area contributed by atoms with Crippen LogP contribution in [0.15, 0.2) is 73.3 Å². The van der Waals surface area contributed by atoms with Crippen LogP contribution in [0.3, 0.4) is 0 Å². The monoisotopic (exact) mass is 452 g/mol. The SMILES string of the molecule is C=CC[C@@H]1C[C@@H]2OC(=O)O[C@@H]2[C@@H](CO[Si](c2ccccc2)(c2ccccc2)C(C)(C)C)O1. The van der Waals surface area contributed by atoms with Crippen molar-refractivity contribution in [3.8, 4) is 0 Å². The van der Waals surface area contributed by atoms with Crippen LogP contribution in [0.4, 0.5) is 4.79 Å². The topological polar surface area (TPSA) is 54.0 Å². The molecule has 2 saturated heterocycles. The van der Waals surface area contributed by atoms with Crippen LogP contribution in [0.25, 0.3) is 0 Å². The molecule has 0 aliphatic carbocycles. The summed E-state index contributed by atoms with van der Waals surface area (Å²) in [7, 11) is -2.72. The van der Waals surface area contributed by atoms with Crippen LogP contribution in [0.2, 0.25) is 5.04 Å². The van der Waals surface area contributed by atoms with Crippen LogP contribution >= 0.6 is 0 Å². The molecule has 170 valence electrons. The summed E-state index contributed by atoms with van der Waals surface area (Å²) in [4.78, 5) is 11.9. The molecule has 4 atom stereocenters. The van der Waals surface area contributed by atoms with E-state index >= 15 is 0 Å². The van der Waals surface area contributed by atoms with E-state index in [9.17, 15) is 4.79 Å². The molecule has 2 aromatic rings. The van der Waals surface area contributed by atoms with Crippen LogP contribution in [-0.4, -0.2) is 45.5 Å². The molecular weight excluding hydrogens is 420 g/mol. The number of ether oxygens (including phenoxy) is 3. The van der Waals surface area contributed by atoms with Gasteiger partial charge in [-0.05, 0) is 21.8 Å². The lowest BCUT2D eigenvalue weighted by molar-refractivity contribution is -0.138. The number of fused-ring (bicyclic) bond motifs is 1. The van der Waals surface area contributed by atoms with Gasteiger partial charge in [0.1, 0.15) is 12.2 Å². The Kier molecular flexibility index (Phi) is 6.56. The van der Waals surface area contributed by atoms with Crippen LogP contribution in [0, 0.1) is 0 Å². The second-order valence-corrected chi connectivity index (χ2v) is 13.8. The first-order valence-corrected chi connectivity index (χ1v) is 13.1. The average Bonchev–Trinajstić information content (AvgIpc) is 3.15. The molecule has 2 fully saturated rings. The molecule has 2 aliphatic rings. The zero-order valence-electron chi connectivity index (χ0n) is 19.0. The Balaban J connectivity index is 1.70. The fourth-order valence-corrected chi connectivity index (χ4v) is 9.55. The molecular formula is C26H32O5Si. The van der Waals surface area contributed by atoms with E-state index in [0.717, 1.165) is 0 Å². The lowest BCUT2D eigenvalue weighted by Gasteiger charge is -2.44. The van der Waals surface area contributed by atoms with Gasteiger partial charge in [-0.2, -0.15) is 0 Å². The van der Waals surface area contributed by atoms with Gasteiger partial charge in [0.2, 0.25) is 0 Å². The van der Waals surface area contributed by atoms with Gasteiger partial charge in [-0.3, -0.25) is 0 Å². The third-order valence-electron chi connectivity index (χ3n) is 6.39. The molecule has 4 rings (SSSR count). The second kappa shape index (κ2) is 9.22. The van der Waals surface area contributed by atoms with E-state index in [1.54, 1.807) is 0 Å². The Hall–Kier alpha value is -2.41. The average molecular weight is 453 g/mol. The quantitative estimate of drug-likeness (QED) is 0.358. The Labute approximate surface area is 191 Å². The van der Waals surface area contributed by atoms with E-state index in [0.29, 0.717) is 19.4 Å². The molecule has 2 aliphatic heterocycles. The van der Waals surface area contributed by atoms with Crippen molar-refractivity contribution in [2.24, 2.45) is 0 Å². The predicted molar refractivity (Wildman–Crippen MR) is 127 cm³/mol. The molecule has 0 radical (unpaired) electrons. The van der Waals surface area contributed by atoms with Crippen molar-refractivity contribution in [2.75, 3.05) is 6.61 Å².